The lowest BCUT2D eigenvalue weighted by Crippen LogP contribution is -2.48. The van der Waals surface area contributed by atoms with Crippen LogP contribution in [0.15, 0.2) is 60.7 Å². The van der Waals surface area contributed by atoms with Gasteiger partial charge in [-0.15, -0.1) is 0 Å². The van der Waals surface area contributed by atoms with E-state index >= 15 is 0 Å². The Kier molecular flexibility index (Phi) is 6.51. The minimum absolute atomic E-state index is 0.262. The van der Waals surface area contributed by atoms with Crippen LogP contribution in [0.25, 0.3) is 0 Å². The molecule has 2 aromatic rings. The van der Waals surface area contributed by atoms with Gasteiger partial charge >= 0.3 is 0 Å². The van der Waals surface area contributed by atoms with E-state index < -0.39 is 12.1 Å². The van der Waals surface area contributed by atoms with E-state index in [0.717, 1.165) is 5.56 Å². The molecule has 0 saturated carbocycles. The van der Waals surface area contributed by atoms with Crippen LogP contribution in [0, 0.1) is 0 Å². The fourth-order valence-electron chi connectivity index (χ4n) is 2.21. The largest absolute Gasteiger partial charge is 0.372 e. The fourth-order valence-corrected chi connectivity index (χ4v) is 2.21. The summed E-state index contributed by atoms with van der Waals surface area (Å²) in [5.74, 6) is -0.580. The maximum atomic E-state index is 12.6. The molecule has 0 fully saturated rings. The molecule has 0 aliphatic carbocycles. The first-order valence-corrected chi connectivity index (χ1v) is 7.83. The highest BCUT2D eigenvalue weighted by Gasteiger charge is 2.23. The number of hydrogen-bond donors (Lipinski definition) is 2. The van der Waals surface area contributed by atoms with E-state index in [1.807, 2.05) is 48.5 Å². The van der Waals surface area contributed by atoms with Crippen LogP contribution < -0.4 is 10.6 Å². The van der Waals surface area contributed by atoms with Gasteiger partial charge in [0.15, 0.2) is 0 Å². The van der Waals surface area contributed by atoms with Crippen molar-refractivity contribution in [1.29, 1.82) is 0 Å². The molecule has 0 saturated heterocycles. The number of nitrogens with one attached hydrogen (secondary N) is 2. The van der Waals surface area contributed by atoms with Gasteiger partial charge in [0.1, 0.15) is 12.1 Å². The number of ether oxygens (including phenoxy) is 1. The molecule has 0 aliphatic rings. The number of amides is 2. The second kappa shape index (κ2) is 8.84. The highest BCUT2D eigenvalue weighted by Crippen LogP contribution is 2.09. The van der Waals surface area contributed by atoms with E-state index in [1.54, 1.807) is 19.1 Å². The lowest BCUT2D eigenvalue weighted by Gasteiger charge is -2.20. The summed E-state index contributed by atoms with van der Waals surface area (Å²) in [4.78, 5) is 24.7. The Hall–Kier alpha value is -2.66. The molecule has 0 aliphatic heterocycles. The average Bonchev–Trinajstić information content (AvgIpc) is 2.62. The van der Waals surface area contributed by atoms with Crippen molar-refractivity contribution >= 4 is 17.5 Å². The molecule has 2 aromatic carbocycles. The lowest BCUT2D eigenvalue weighted by atomic mass is 10.0. The van der Waals surface area contributed by atoms with Gasteiger partial charge in [-0.1, -0.05) is 48.5 Å². The molecule has 0 spiro atoms. The minimum atomic E-state index is -0.683. The normalized spacial score (nSPS) is 12.9. The van der Waals surface area contributed by atoms with Crippen molar-refractivity contribution in [2.75, 3.05) is 12.4 Å². The van der Waals surface area contributed by atoms with Crippen molar-refractivity contribution in [2.45, 2.75) is 25.5 Å². The number of para-hydroxylation sites is 1. The Morgan fingerprint density at radius 1 is 0.958 bits per heavy atom. The van der Waals surface area contributed by atoms with Crippen LogP contribution in [0.5, 0.6) is 0 Å². The smallest absolute Gasteiger partial charge is 0.249 e. The highest BCUT2D eigenvalue weighted by atomic mass is 16.5. The monoisotopic (exact) mass is 326 g/mol. The number of anilines is 1. The first-order valence-electron chi connectivity index (χ1n) is 7.83. The van der Waals surface area contributed by atoms with Gasteiger partial charge in [0.25, 0.3) is 0 Å². The molecule has 2 N–H and O–H groups in total. The zero-order valence-corrected chi connectivity index (χ0v) is 13.9. The first-order chi connectivity index (χ1) is 11.6. The molecule has 2 amide bonds. The maximum absolute atomic E-state index is 12.6. The van der Waals surface area contributed by atoms with E-state index in [4.69, 9.17) is 4.74 Å². The average molecular weight is 326 g/mol. The number of methoxy groups -OCH3 is 1. The fraction of sp³-hybridized carbons (Fsp3) is 0.263. The van der Waals surface area contributed by atoms with Gasteiger partial charge in [-0.3, -0.25) is 9.59 Å². The second-order valence-corrected chi connectivity index (χ2v) is 5.48. The number of carbonyl (C=O) groups excluding carboxylic acids is 2. The van der Waals surface area contributed by atoms with Crippen LogP contribution in [-0.4, -0.2) is 31.1 Å². The third-order valence-corrected chi connectivity index (χ3v) is 3.68. The predicted octanol–water partition coefficient (Wildman–Crippen LogP) is 2.39. The van der Waals surface area contributed by atoms with E-state index in [2.05, 4.69) is 10.6 Å². The zero-order chi connectivity index (χ0) is 17.4. The van der Waals surface area contributed by atoms with Crippen molar-refractivity contribution in [3.63, 3.8) is 0 Å². The number of benzene rings is 2. The summed E-state index contributed by atoms with van der Waals surface area (Å²) < 4.78 is 5.02. The lowest BCUT2D eigenvalue weighted by molar-refractivity contribution is -0.133. The summed E-state index contributed by atoms with van der Waals surface area (Å²) in [7, 11) is 1.46. The highest BCUT2D eigenvalue weighted by molar-refractivity contribution is 5.97. The quantitative estimate of drug-likeness (QED) is 0.821. The first kappa shape index (κ1) is 17.7. The molecule has 0 heterocycles. The van der Waals surface area contributed by atoms with Crippen LogP contribution in [0.3, 0.4) is 0 Å². The van der Waals surface area contributed by atoms with Gasteiger partial charge in [-0.25, -0.2) is 0 Å². The number of hydrogen-bond acceptors (Lipinski definition) is 3. The summed E-state index contributed by atoms with van der Waals surface area (Å²) >= 11 is 0. The third kappa shape index (κ3) is 5.21. The van der Waals surface area contributed by atoms with Crippen LogP contribution in [0.4, 0.5) is 5.69 Å². The molecule has 0 unspecified atom stereocenters. The molecule has 126 valence electrons. The molecule has 0 bridgehead atoms. The number of rotatable bonds is 7. The summed E-state index contributed by atoms with van der Waals surface area (Å²) in [6.45, 7) is 1.64. The molecule has 2 atom stereocenters. The van der Waals surface area contributed by atoms with Crippen molar-refractivity contribution < 1.29 is 14.3 Å². The molecule has 2 rings (SSSR count). The van der Waals surface area contributed by atoms with Crippen LogP contribution in [0.2, 0.25) is 0 Å². The van der Waals surface area contributed by atoms with Gasteiger partial charge in [-0.2, -0.15) is 0 Å². The standard InChI is InChI=1S/C19H22N2O3/c1-14(24-2)18(22)21-17(13-15-9-5-3-6-10-15)19(23)20-16-11-7-4-8-12-16/h3-12,14,17H,13H2,1-2H3,(H,20,23)(H,21,22)/t14-,17-/m1/s1. The molecule has 24 heavy (non-hydrogen) atoms. The number of carbonyl (C=O) groups is 2. The Morgan fingerprint density at radius 2 is 1.54 bits per heavy atom. The van der Waals surface area contributed by atoms with Gasteiger partial charge in [0.05, 0.1) is 0 Å². The van der Waals surface area contributed by atoms with E-state index in [9.17, 15) is 9.59 Å². The van der Waals surface area contributed by atoms with Gasteiger partial charge < -0.3 is 15.4 Å². The Labute approximate surface area is 142 Å². The second-order valence-electron chi connectivity index (χ2n) is 5.48. The summed E-state index contributed by atoms with van der Waals surface area (Å²) in [6.07, 6.45) is -0.213. The predicted molar refractivity (Wildman–Crippen MR) is 93.6 cm³/mol. The van der Waals surface area contributed by atoms with Crippen molar-refractivity contribution in [3.8, 4) is 0 Å². The summed E-state index contributed by atoms with van der Waals surface area (Å²) in [6, 6.07) is 18.0. The maximum Gasteiger partial charge on any atom is 0.249 e. The van der Waals surface area contributed by atoms with E-state index in [1.165, 1.54) is 7.11 Å². The Bertz CT molecular complexity index is 659. The summed E-state index contributed by atoms with van der Waals surface area (Å²) in [5, 5.41) is 5.59. The van der Waals surface area contributed by atoms with Crippen LogP contribution in [-0.2, 0) is 20.7 Å². The zero-order valence-electron chi connectivity index (χ0n) is 13.9. The third-order valence-electron chi connectivity index (χ3n) is 3.68. The molecular weight excluding hydrogens is 304 g/mol. The van der Waals surface area contributed by atoms with Crippen molar-refractivity contribution in [1.82, 2.24) is 5.32 Å². The minimum Gasteiger partial charge on any atom is -0.372 e. The summed E-state index contributed by atoms with van der Waals surface area (Å²) in [5.41, 5.74) is 1.66. The van der Waals surface area contributed by atoms with Gasteiger partial charge in [0.2, 0.25) is 11.8 Å². The van der Waals surface area contributed by atoms with Crippen LogP contribution in [0.1, 0.15) is 12.5 Å². The van der Waals surface area contributed by atoms with Crippen molar-refractivity contribution in [2.24, 2.45) is 0 Å². The molecular formula is C19H22N2O3. The Balaban J connectivity index is 2.11. The molecule has 5 nitrogen and oxygen atoms in total. The van der Waals surface area contributed by atoms with Crippen molar-refractivity contribution in [3.05, 3.63) is 66.2 Å². The van der Waals surface area contributed by atoms with Gasteiger partial charge in [-0.05, 0) is 24.6 Å². The molecule has 5 heteroatoms. The topological polar surface area (TPSA) is 67.4 Å². The van der Waals surface area contributed by atoms with E-state index in [0.29, 0.717) is 12.1 Å². The SMILES string of the molecule is CO[C@H](C)C(=O)N[C@H](Cc1ccccc1)C(=O)Nc1ccccc1. The Morgan fingerprint density at radius 3 is 2.12 bits per heavy atom. The molecule has 0 aromatic heterocycles. The molecule has 0 radical (unpaired) electrons. The van der Waals surface area contributed by atoms with Crippen LogP contribution >= 0.6 is 0 Å². The van der Waals surface area contributed by atoms with Gasteiger partial charge in [0, 0.05) is 19.2 Å². The van der Waals surface area contributed by atoms with E-state index in [-0.39, 0.29) is 11.8 Å².